The molecule has 5 N–H and O–H groups in total. The molecule has 0 radical (unpaired) electrons. The first-order valence-corrected chi connectivity index (χ1v) is 3.23. The highest BCUT2D eigenvalue weighted by Crippen LogP contribution is 1.93. The number of nitrogens with one attached hydrogen (secondary N) is 1. The predicted molar refractivity (Wildman–Crippen MR) is 43.1 cm³/mol. The molecule has 1 fully saturated rings. The Labute approximate surface area is 70.3 Å². The van der Waals surface area contributed by atoms with Crippen LogP contribution in [0.15, 0.2) is 0 Å². The van der Waals surface area contributed by atoms with Crippen LogP contribution in [0.5, 0.6) is 0 Å². The fourth-order valence-electron chi connectivity index (χ4n) is 0.565. The van der Waals surface area contributed by atoms with Crippen molar-refractivity contribution in [1.29, 1.82) is 0 Å². The summed E-state index contributed by atoms with van der Waals surface area (Å²) < 4.78 is 0. The van der Waals surface area contributed by atoms with Gasteiger partial charge in [-0.3, -0.25) is 4.79 Å². The van der Waals surface area contributed by atoms with Gasteiger partial charge in [-0.15, -0.1) is 0 Å². The number of amides is 3. The fourth-order valence-corrected chi connectivity index (χ4v) is 0.565. The van der Waals surface area contributed by atoms with Crippen LogP contribution in [0, 0.1) is 0 Å². The molecule has 1 rings (SSSR count). The SMILES string of the molecule is C=O.NC(N)=O.O=C1CCCN1. The molecule has 0 aromatic rings. The molecule has 1 aliphatic rings. The summed E-state index contributed by atoms with van der Waals surface area (Å²) in [5, 5.41) is 2.68. The molecule has 6 heteroatoms. The van der Waals surface area contributed by atoms with E-state index in [1.165, 1.54) is 0 Å². The summed E-state index contributed by atoms with van der Waals surface area (Å²) in [6, 6.07) is -0.833. The summed E-state index contributed by atoms with van der Waals surface area (Å²) in [7, 11) is 0. The Morgan fingerprint density at radius 2 is 1.83 bits per heavy atom. The zero-order chi connectivity index (χ0) is 9.98. The maximum Gasteiger partial charge on any atom is 0.309 e. The third kappa shape index (κ3) is 15.8. The smallest absolute Gasteiger partial charge is 0.309 e. The Morgan fingerprint density at radius 3 is 1.92 bits per heavy atom. The van der Waals surface area contributed by atoms with Crippen molar-refractivity contribution in [3.8, 4) is 0 Å². The van der Waals surface area contributed by atoms with E-state index in [0.29, 0.717) is 0 Å². The maximum absolute atomic E-state index is 10.1. The van der Waals surface area contributed by atoms with Gasteiger partial charge in [0.2, 0.25) is 5.91 Å². The van der Waals surface area contributed by atoms with Crippen LogP contribution in [-0.2, 0) is 9.59 Å². The summed E-state index contributed by atoms with van der Waals surface area (Å²) in [6.07, 6.45) is 1.76. The van der Waals surface area contributed by atoms with Crippen LogP contribution < -0.4 is 16.8 Å². The Morgan fingerprint density at radius 1 is 1.42 bits per heavy atom. The van der Waals surface area contributed by atoms with Crippen molar-refractivity contribution >= 4 is 18.7 Å². The highest BCUT2D eigenvalue weighted by atomic mass is 16.2. The standard InChI is InChI=1S/C4H7NO.CH4N2O.CH2O/c6-4-2-1-3-5-4;2-1(3)4;1-2/h1-3H2,(H,5,6);(H4,2,3,4);1H2. The van der Waals surface area contributed by atoms with Gasteiger partial charge in [0.25, 0.3) is 0 Å². The van der Waals surface area contributed by atoms with E-state index in [1.54, 1.807) is 0 Å². The van der Waals surface area contributed by atoms with Crippen molar-refractivity contribution in [2.24, 2.45) is 11.5 Å². The lowest BCUT2D eigenvalue weighted by molar-refractivity contribution is -0.119. The van der Waals surface area contributed by atoms with E-state index < -0.39 is 6.03 Å². The van der Waals surface area contributed by atoms with E-state index in [9.17, 15) is 4.79 Å². The van der Waals surface area contributed by atoms with Crippen molar-refractivity contribution in [1.82, 2.24) is 5.32 Å². The quantitative estimate of drug-likeness (QED) is 0.426. The molecule has 1 saturated heterocycles. The first-order chi connectivity index (χ1) is 5.63. The van der Waals surface area contributed by atoms with Gasteiger partial charge in [-0.05, 0) is 6.42 Å². The average molecular weight is 175 g/mol. The second kappa shape index (κ2) is 9.41. The topological polar surface area (TPSA) is 115 Å². The van der Waals surface area contributed by atoms with Gasteiger partial charge in [0.05, 0.1) is 0 Å². The van der Waals surface area contributed by atoms with Gasteiger partial charge in [-0.2, -0.15) is 0 Å². The van der Waals surface area contributed by atoms with Gasteiger partial charge in [0.1, 0.15) is 6.79 Å². The zero-order valence-corrected chi connectivity index (χ0v) is 6.71. The Hall–Kier alpha value is -1.59. The average Bonchev–Trinajstić information content (AvgIpc) is 2.43. The lowest BCUT2D eigenvalue weighted by Gasteiger charge is -1.80. The molecule has 0 aromatic heterocycles. The van der Waals surface area contributed by atoms with Crippen LogP contribution in [-0.4, -0.2) is 25.3 Å². The molecule has 70 valence electrons. The van der Waals surface area contributed by atoms with E-state index in [4.69, 9.17) is 9.59 Å². The summed E-state index contributed by atoms with van der Waals surface area (Å²) >= 11 is 0. The van der Waals surface area contributed by atoms with Crippen molar-refractivity contribution in [2.45, 2.75) is 12.8 Å². The molecule has 3 amide bonds. The molecule has 1 heterocycles. The molecular formula is C6H13N3O3. The normalized spacial score (nSPS) is 12.8. The lowest BCUT2D eigenvalue weighted by atomic mass is 10.4. The number of hydrogen-bond donors (Lipinski definition) is 3. The minimum absolute atomic E-state index is 0.204. The maximum atomic E-state index is 10.1. The highest BCUT2D eigenvalue weighted by Gasteiger charge is 2.05. The number of nitrogens with two attached hydrogens (primary N) is 2. The largest absolute Gasteiger partial charge is 0.356 e. The molecule has 0 aromatic carbocycles. The van der Waals surface area contributed by atoms with Gasteiger partial charge in [0.15, 0.2) is 0 Å². The van der Waals surface area contributed by atoms with Gasteiger partial charge in [-0.1, -0.05) is 0 Å². The van der Waals surface area contributed by atoms with E-state index in [1.807, 2.05) is 6.79 Å². The molecule has 12 heavy (non-hydrogen) atoms. The van der Waals surface area contributed by atoms with Crippen molar-refractivity contribution < 1.29 is 14.4 Å². The lowest BCUT2D eigenvalue weighted by Crippen LogP contribution is -2.18. The second-order valence-electron chi connectivity index (χ2n) is 1.86. The predicted octanol–water partition coefficient (Wildman–Crippen LogP) is -1.26. The van der Waals surface area contributed by atoms with E-state index in [2.05, 4.69) is 16.8 Å². The molecule has 0 atom stereocenters. The number of rotatable bonds is 0. The number of urea groups is 1. The third-order valence-corrected chi connectivity index (χ3v) is 0.903. The van der Waals surface area contributed by atoms with Crippen LogP contribution >= 0.6 is 0 Å². The Kier molecular flexibility index (Phi) is 10.2. The first-order valence-electron chi connectivity index (χ1n) is 3.23. The van der Waals surface area contributed by atoms with Crippen LogP contribution in [0.4, 0.5) is 4.79 Å². The number of hydrogen-bond acceptors (Lipinski definition) is 3. The Balaban J connectivity index is 0. The molecule has 0 saturated carbocycles. The van der Waals surface area contributed by atoms with Crippen molar-refractivity contribution in [2.75, 3.05) is 6.54 Å². The van der Waals surface area contributed by atoms with Crippen LogP contribution in [0.25, 0.3) is 0 Å². The molecule has 0 unspecified atom stereocenters. The van der Waals surface area contributed by atoms with Crippen LogP contribution in [0.1, 0.15) is 12.8 Å². The number of primary amides is 2. The zero-order valence-electron chi connectivity index (χ0n) is 6.71. The summed E-state index contributed by atoms with van der Waals surface area (Å²) in [5.74, 6) is 0.204. The molecule has 0 aliphatic carbocycles. The highest BCUT2D eigenvalue weighted by molar-refractivity contribution is 5.77. The minimum atomic E-state index is -0.833. The fraction of sp³-hybridized carbons (Fsp3) is 0.500. The van der Waals surface area contributed by atoms with Gasteiger partial charge >= 0.3 is 6.03 Å². The summed E-state index contributed by atoms with van der Waals surface area (Å²) in [5.41, 5.74) is 8.50. The monoisotopic (exact) mass is 175 g/mol. The molecule has 6 nitrogen and oxygen atoms in total. The van der Waals surface area contributed by atoms with Crippen LogP contribution in [0.3, 0.4) is 0 Å². The molecule has 0 spiro atoms. The van der Waals surface area contributed by atoms with Crippen molar-refractivity contribution in [3.05, 3.63) is 0 Å². The van der Waals surface area contributed by atoms with Gasteiger partial charge < -0.3 is 21.6 Å². The number of carbonyl (C=O) groups excluding carboxylic acids is 3. The Bertz CT molecular complexity index is 137. The molecule has 1 aliphatic heterocycles. The second-order valence-corrected chi connectivity index (χ2v) is 1.86. The summed E-state index contributed by atoms with van der Waals surface area (Å²) in [4.78, 5) is 27.1. The summed E-state index contributed by atoms with van der Waals surface area (Å²) in [6.45, 7) is 2.89. The van der Waals surface area contributed by atoms with E-state index in [0.717, 1.165) is 19.4 Å². The minimum Gasteiger partial charge on any atom is -0.356 e. The third-order valence-electron chi connectivity index (χ3n) is 0.903. The molecule has 0 bridgehead atoms. The van der Waals surface area contributed by atoms with Gasteiger partial charge in [0, 0.05) is 13.0 Å². The van der Waals surface area contributed by atoms with Crippen LogP contribution in [0.2, 0.25) is 0 Å². The van der Waals surface area contributed by atoms with Crippen molar-refractivity contribution in [3.63, 3.8) is 0 Å². The van der Waals surface area contributed by atoms with E-state index >= 15 is 0 Å². The molecular weight excluding hydrogens is 162 g/mol. The van der Waals surface area contributed by atoms with E-state index in [-0.39, 0.29) is 5.91 Å². The first kappa shape index (κ1) is 13.0. The van der Waals surface area contributed by atoms with Gasteiger partial charge in [-0.25, -0.2) is 4.79 Å². The number of carbonyl (C=O) groups is 3.